The molecule has 1 aliphatic carbocycles. The van der Waals surface area contributed by atoms with Gasteiger partial charge in [-0.3, -0.25) is 9.59 Å². The zero-order valence-electron chi connectivity index (χ0n) is 14.9. The highest BCUT2D eigenvalue weighted by Crippen LogP contribution is 2.33. The van der Waals surface area contributed by atoms with Crippen LogP contribution >= 0.6 is 0 Å². The Morgan fingerprint density at radius 2 is 1.92 bits per heavy atom. The normalized spacial score (nSPS) is 21.9. The van der Waals surface area contributed by atoms with Gasteiger partial charge in [-0.2, -0.15) is 0 Å². The van der Waals surface area contributed by atoms with Crippen molar-refractivity contribution >= 4 is 17.8 Å². The Morgan fingerprint density at radius 1 is 1.21 bits per heavy atom. The van der Waals surface area contributed by atoms with E-state index in [2.05, 4.69) is 25.2 Å². The number of carbonyl (C=O) groups is 2. The number of carbonyl (C=O) groups excluding carboxylic acids is 2. The van der Waals surface area contributed by atoms with Gasteiger partial charge in [-0.25, -0.2) is 0 Å². The van der Waals surface area contributed by atoms with Gasteiger partial charge in [-0.15, -0.1) is 0 Å². The fourth-order valence-corrected chi connectivity index (χ4v) is 4.02. The Kier molecular flexibility index (Phi) is 4.62. The summed E-state index contributed by atoms with van der Waals surface area (Å²) in [6, 6.07) is 4.03. The van der Waals surface area contributed by atoms with Gasteiger partial charge >= 0.3 is 0 Å². The molecule has 3 rings (SSSR count). The lowest BCUT2D eigenvalue weighted by Gasteiger charge is -2.36. The molecule has 128 valence electrons. The molecule has 3 heteroatoms. The van der Waals surface area contributed by atoms with Crippen LogP contribution < -0.4 is 5.32 Å². The number of aldehydes is 1. The van der Waals surface area contributed by atoms with Crippen LogP contribution in [-0.4, -0.2) is 17.6 Å². The lowest BCUT2D eigenvalue weighted by molar-refractivity contribution is -0.119. The zero-order valence-corrected chi connectivity index (χ0v) is 14.9. The summed E-state index contributed by atoms with van der Waals surface area (Å²) in [5, 5.41) is 3.51. The van der Waals surface area contributed by atoms with Gasteiger partial charge < -0.3 is 5.32 Å². The first-order valence-corrected chi connectivity index (χ1v) is 9.02. The molecule has 1 saturated carbocycles. The van der Waals surface area contributed by atoms with Crippen molar-refractivity contribution in [3.63, 3.8) is 0 Å². The minimum atomic E-state index is -0.0964. The number of nitrogens with one attached hydrogen (secondary N) is 1. The molecule has 0 bridgehead atoms. The number of benzene rings is 1. The van der Waals surface area contributed by atoms with Crippen LogP contribution in [0.4, 0.5) is 0 Å². The summed E-state index contributed by atoms with van der Waals surface area (Å²) in [7, 11) is 0. The van der Waals surface area contributed by atoms with Gasteiger partial charge in [-0.05, 0) is 57.2 Å². The second-order valence-electron chi connectivity index (χ2n) is 7.96. The van der Waals surface area contributed by atoms with Crippen molar-refractivity contribution < 1.29 is 9.59 Å². The molecule has 1 N–H and O–H groups in total. The molecular weight excluding hydrogens is 298 g/mol. The van der Waals surface area contributed by atoms with Gasteiger partial charge in [0.2, 0.25) is 0 Å². The molecule has 2 aliphatic rings. The largest absolute Gasteiger partial charge is 0.379 e. The van der Waals surface area contributed by atoms with E-state index < -0.39 is 0 Å². The number of rotatable bonds is 3. The lowest BCUT2D eigenvalue weighted by Crippen LogP contribution is -2.44. The van der Waals surface area contributed by atoms with E-state index in [0.717, 1.165) is 55.2 Å². The summed E-state index contributed by atoms with van der Waals surface area (Å²) in [6.07, 6.45) is 9.15. The van der Waals surface area contributed by atoms with E-state index in [-0.39, 0.29) is 17.2 Å². The maximum Gasteiger partial charge on any atom is 0.160 e. The molecule has 0 saturated heterocycles. The SMILES string of the molecule is Cc1cc2c(cc1C=O)C(=CC(=O)C1CCCCC1)NC(C)(C)C2. The van der Waals surface area contributed by atoms with Crippen LogP contribution in [0.5, 0.6) is 0 Å². The molecule has 24 heavy (non-hydrogen) atoms. The van der Waals surface area contributed by atoms with E-state index in [1.54, 1.807) is 6.08 Å². The van der Waals surface area contributed by atoms with Crippen LogP contribution in [0, 0.1) is 12.8 Å². The minimum absolute atomic E-state index is 0.0964. The predicted octanol–water partition coefficient (Wildman–Crippen LogP) is 4.22. The summed E-state index contributed by atoms with van der Waals surface area (Å²) in [5.74, 6) is 0.395. The standard InChI is InChI=1S/C21H27NO2/c1-14-9-16-12-21(2,3)22-19(18(16)10-17(14)13-23)11-20(24)15-7-5-4-6-8-15/h9-11,13,15,22H,4-8,12H2,1-3H3. The quantitative estimate of drug-likeness (QED) is 0.668. The monoisotopic (exact) mass is 325 g/mol. The smallest absolute Gasteiger partial charge is 0.160 e. The van der Waals surface area contributed by atoms with Crippen LogP contribution in [0.2, 0.25) is 0 Å². The first kappa shape index (κ1) is 16.9. The van der Waals surface area contributed by atoms with Crippen LogP contribution in [0.1, 0.15) is 73.0 Å². The molecule has 1 aliphatic heterocycles. The second-order valence-corrected chi connectivity index (χ2v) is 7.96. The van der Waals surface area contributed by atoms with Gasteiger partial charge in [-0.1, -0.05) is 25.3 Å². The maximum atomic E-state index is 12.7. The van der Waals surface area contributed by atoms with E-state index in [0.29, 0.717) is 5.56 Å². The number of fused-ring (bicyclic) bond motifs is 1. The minimum Gasteiger partial charge on any atom is -0.379 e. The average Bonchev–Trinajstić information content (AvgIpc) is 2.54. The third kappa shape index (κ3) is 3.45. The third-order valence-corrected chi connectivity index (χ3v) is 5.31. The second kappa shape index (κ2) is 6.54. The molecule has 1 aromatic carbocycles. The average molecular weight is 325 g/mol. The first-order valence-electron chi connectivity index (χ1n) is 9.02. The molecule has 3 nitrogen and oxygen atoms in total. The Hall–Kier alpha value is -1.90. The van der Waals surface area contributed by atoms with E-state index in [1.807, 2.05) is 13.0 Å². The Bertz CT molecular complexity index is 694. The molecule has 0 spiro atoms. The maximum absolute atomic E-state index is 12.7. The van der Waals surface area contributed by atoms with Gasteiger partial charge in [0.05, 0.1) is 0 Å². The summed E-state index contributed by atoms with van der Waals surface area (Å²) < 4.78 is 0. The van der Waals surface area contributed by atoms with Crippen LogP contribution in [0.25, 0.3) is 5.70 Å². The summed E-state index contributed by atoms with van der Waals surface area (Å²) in [4.78, 5) is 24.0. The molecule has 0 unspecified atom stereocenters. The fraction of sp³-hybridized carbons (Fsp3) is 0.524. The van der Waals surface area contributed by atoms with Crippen LogP contribution in [0.15, 0.2) is 18.2 Å². The van der Waals surface area contributed by atoms with E-state index >= 15 is 0 Å². The molecule has 0 atom stereocenters. The molecule has 0 amide bonds. The van der Waals surface area contributed by atoms with Gasteiger partial charge in [0.15, 0.2) is 5.78 Å². The number of hydrogen-bond acceptors (Lipinski definition) is 3. The summed E-state index contributed by atoms with van der Waals surface area (Å²) in [6.45, 7) is 6.27. The van der Waals surface area contributed by atoms with Crippen molar-refractivity contribution in [1.82, 2.24) is 5.32 Å². The lowest BCUT2D eigenvalue weighted by atomic mass is 9.82. The zero-order chi connectivity index (χ0) is 17.3. The molecule has 0 radical (unpaired) electrons. The van der Waals surface area contributed by atoms with Gasteiger partial charge in [0.1, 0.15) is 6.29 Å². The van der Waals surface area contributed by atoms with Crippen molar-refractivity contribution in [2.45, 2.75) is 64.8 Å². The molecular formula is C21H27NO2. The molecule has 1 heterocycles. The topological polar surface area (TPSA) is 46.2 Å². The molecule has 0 aromatic heterocycles. The van der Waals surface area contributed by atoms with Gasteiger partial charge in [0, 0.05) is 34.4 Å². The Labute approximate surface area is 144 Å². The number of aryl methyl sites for hydroxylation is 1. The van der Waals surface area contributed by atoms with Gasteiger partial charge in [0.25, 0.3) is 0 Å². The number of hydrogen-bond donors (Lipinski definition) is 1. The van der Waals surface area contributed by atoms with Crippen molar-refractivity contribution in [2.24, 2.45) is 5.92 Å². The summed E-state index contributed by atoms with van der Waals surface area (Å²) in [5.41, 5.74) is 4.70. The third-order valence-electron chi connectivity index (χ3n) is 5.31. The first-order chi connectivity index (χ1) is 11.4. The van der Waals surface area contributed by atoms with E-state index in [1.165, 1.54) is 12.0 Å². The van der Waals surface area contributed by atoms with Crippen LogP contribution in [0.3, 0.4) is 0 Å². The van der Waals surface area contributed by atoms with Crippen molar-refractivity contribution in [2.75, 3.05) is 0 Å². The fourth-order valence-electron chi connectivity index (χ4n) is 4.02. The molecule has 1 fully saturated rings. The Balaban J connectivity index is 1.99. The van der Waals surface area contributed by atoms with E-state index in [9.17, 15) is 9.59 Å². The predicted molar refractivity (Wildman–Crippen MR) is 97.0 cm³/mol. The van der Waals surface area contributed by atoms with Crippen molar-refractivity contribution in [3.8, 4) is 0 Å². The number of ketones is 1. The van der Waals surface area contributed by atoms with E-state index in [4.69, 9.17) is 0 Å². The highest BCUT2D eigenvalue weighted by Gasteiger charge is 2.29. The summed E-state index contributed by atoms with van der Waals surface area (Å²) >= 11 is 0. The highest BCUT2D eigenvalue weighted by molar-refractivity contribution is 5.99. The van der Waals surface area contributed by atoms with Crippen molar-refractivity contribution in [1.29, 1.82) is 0 Å². The van der Waals surface area contributed by atoms with Crippen LogP contribution in [-0.2, 0) is 11.2 Å². The molecule has 1 aromatic rings. The number of allylic oxidation sites excluding steroid dienone is 1. The van der Waals surface area contributed by atoms with Crippen molar-refractivity contribution in [3.05, 3.63) is 40.5 Å². The highest BCUT2D eigenvalue weighted by atomic mass is 16.1. The Morgan fingerprint density at radius 3 is 2.58 bits per heavy atom.